The van der Waals surface area contributed by atoms with Gasteiger partial charge in [0.15, 0.2) is 0 Å². The second-order valence-electron chi connectivity index (χ2n) is 11.5. The molecule has 6 rings (SSSR count). The lowest BCUT2D eigenvalue weighted by Gasteiger charge is -2.38. The minimum Gasteiger partial charge on any atom is -0.392 e. The maximum absolute atomic E-state index is 13.6. The van der Waals surface area contributed by atoms with Crippen LogP contribution in [0.2, 0.25) is 0 Å². The molecule has 1 saturated heterocycles. The fourth-order valence-corrected chi connectivity index (χ4v) is 5.77. The van der Waals surface area contributed by atoms with Gasteiger partial charge in [-0.15, -0.1) is 0 Å². The van der Waals surface area contributed by atoms with Crippen LogP contribution in [0.3, 0.4) is 0 Å². The van der Waals surface area contributed by atoms with Crippen LogP contribution in [0.5, 0.6) is 0 Å². The van der Waals surface area contributed by atoms with E-state index in [0.29, 0.717) is 40.9 Å². The smallest absolute Gasteiger partial charge is 0.282 e. The molecule has 0 radical (unpaired) electrons. The van der Waals surface area contributed by atoms with Crippen LogP contribution in [0.25, 0.3) is 11.1 Å². The number of anilines is 4. The Morgan fingerprint density at radius 1 is 1.07 bits per heavy atom. The van der Waals surface area contributed by atoms with E-state index in [1.807, 2.05) is 49.3 Å². The number of pyridine rings is 2. The van der Waals surface area contributed by atoms with Gasteiger partial charge < -0.3 is 29.7 Å². The number of rotatable bonds is 7. The third kappa shape index (κ3) is 5.64. The number of nitrogens with zero attached hydrogens (tertiary/aromatic N) is 5. The lowest BCUT2D eigenvalue weighted by Crippen LogP contribution is -2.58. The minimum atomic E-state index is -2.86. The van der Waals surface area contributed by atoms with Gasteiger partial charge in [-0.25, -0.2) is 13.8 Å². The Morgan fingerprint density at radius 3 is 2.51 bits per heavy atom. The van der Waals surface area contributed by atoms with Crippen LogP contribution < -0.4 is 20.7 Å². The summed E-state index contributed by atoms with van der Waals surface area (Å²) in [5.41, 5.74) is 5.04. The molecule has 0 saturated carbocycles. The number of aliphatic hydroxyl groups is 1. The molecule has 4 heterocycles. The van der Waals surface area contributed by atoms with Crippen LogP contribution in [0.15, 0.2) is 71.8 Å². The maximum atomic E-state index is 13.6. The first-order valence-corrected chi connectivity index (χ1v) is 14.4. The van der Waals surface area contributed by atoms with Crippen molar-refractivity contribution in [3.8, 4) is 11.1 Å². The van der Waals surface area contributed by atoms with Gasteiger partial charge in [-0.2, -0.15) is 0 Å². The van der Waals surface area contributed by atoms with E-state index in [2.05, 4.69) is 10.3 Å². The highest BCUT2D eigenvalue weighted by molar-refractivity contribution is 6.09. The highest BCUT2D eigenvalue weighted by atomic mass is 19.3. The van der Waals surface area contributed by atoms with Gasteiger partial charge in [0.2, 0.25) is 0 Å². The molecule has 2 aliphatic heterocycles. The molecule has 2 N–H and O–H groups in total. The molecular weight excluding hydrogens is 582 g/mol. The molecule has 1 fully saturated rings. The average Bonchev–Trinajstić information content (AvgIpc) is 3.01. The zero-order valence-corrected chi connectivity index (χ0v) is 25.1. The number of benzene rings is 2. The second kappa shape index (κ2) is 11.4. The predicted octanol–water partition coefficient (Wildman–Crippen LogP) is 4.04. The number of aliphatic hydroxyl groups excluding tert-OH is 1. The van der Waals surface area contributed by atoms with Crippen molar-refractivity contribution in [1.82, 2.24) is 14.5 Å². The largest absolute Gasteiger partial charge is 0.392 e. The monoisotopic (exact) mass is 614 g/mol. The molecular formula is C33H32F2N6O4. The van der Waals surface area contributed by atoms with Crippen molar-refractivity contribution in [3.63, 3.8) is 0 Å². The van der Waals surface area contributed by atoms with Crippen LogP contribution in [0.4, 0.5) is 31.7 Å². The first-order chi connectivity index (χ1) is 21.5. The number of carbonyl (C=O) groups is 2. The first kappa shape index (κ1) is 29.9. The van der Waals surface area contributed by atoms with Crippen LogP contribution in [0, 0.1) is 0 Å². The van der Waals surface area contributed by atoms with Gasteiger partial charge in [0.1, 0.15) is 11.5 Å². The molecule has 2 aromatic heterocycles. The van der Waals surface area contributed by atoms with Gasteiger partial charge in [-0.05, 0) is 60.0 Å². The summed E-state index contributed by atoms with van der Waals surface area (Å²) in [6, 6.07) is 15.8. The lowest BCUT2D eigenvalue weighted by molar-refractivity contribution is -0.113. The van der Waals surface area contributed by atoms with E-state index in [9.17, 15) is 28.3 Å². The van der Waals surface area contributed by atoms with E-state index < -0.39 is 24.9 Å². The van der Waals surface area contributed by atoms with Crippen molar-refractivity contribution in [2.75, 3.05) is 48.8 Å². The Morgan fingerprint density at radius 2 is 1.84 bits per heavy atom. The molecule has 10 nitrogen and oxygen atoms in total. The zero-order chi connectivity index (χ0) is 32.0. The van der Waals surface area contributed by atoms with Crippen LogP contribution in [-0.2, 0) is 20.1 Å². The number of nitrogens with one attached hydrogen (secondary N) is 1. The number of hydrogen-bond acceptors (Lipinski definition) is 7. The summed E-state index contributed by atoms with van der Waals surface area (Å²) in [4.78, 5) is 48.1. The summed E-state index contributed by atoms with van der Waals surface area (Å²) < 4.78 is 27.8. The number of carbonyl (C=O) groups excluding carboxylic acids is 2. The van der Waals surface area contributed by atoms with E-state index in [0.717, 1.165) is 16.2 Å². The van der Waals surface area contributed by atoms with Crippen molar-refractivity contribution in [3.05, 3.63) is 99.6 Å². The maximum Gasteiger partial charge on any atom is 0.282 e. The summed E-state index contributed by atoms with van der Waals surface area (Å²) in [5, 5.41) is 13.5. The Bertz CT molecular complexity index is 1860. The Hall–Kier alpha value is -5.10. The van der Waals surface area contributed by atoms with Crippen molar-refractivity contribution < 1.29 is 23.5 Å². The summed E-state index contributed by atoms with van der Waals surface area (Å²) >= 11 is 0. The van der Waals surface area contributed by atoms with Crippen LogP contribution in [0.1, 0.15) is 31.8 Å². The van der Waals surface area contributed by atoms with Gasteiger partial charge in [0.05, 0.1) is 30.9 Å². The fraction of sp³-hybridized carbons (Fsp3) is 0.273. The third-order valence-electron chi connectivity index (χ3n) is 8.18. The van der Waals surface area contributed by atoms with Crippen molar-refractivity contribution in [1.29, 1.82) is 0 Å². The van der Waals surface area contributed by atoms with Gasteiger partial charge >= 0.3 is 0 Å². The minimum absolute atomic E-state index is 0.146. The molecule has 4 aromatic rings. The summed E-state index contributed by atoms with van der Waals surface area (Å²) in [6.45, 7) is -1.14. The predicted molar refractivity (Wildman–Crippen MR) is 168 cm³/mol. The molecule has 2 amide bonds. The van der Waals surface area contributed by atoms with Crippen molar-refractivity contribution in [2.45, 2.75) is 19.0 Å². The molecule has 2 aromatic carbocycles. The van der Waals surface area contributed by atoms with E-state index in [4.69, 9.17) is 0 Å². The molecule has 12 heteroatoms. The Balaban J connectivity index is 1.28. The number of aryl methyl sites for hydroxylation is 1. The van der Waals surface area contributed by atoms with Crippen molar-refractivity contribution >= 4 is 34.7 Å². The molecule has 0 bridgehead atoms. The number of hydrogen-bond donors (Lipinski definition) is 2. The fourth-order valence-electron chi connectivity index (χ4n) is 5.77. The quantitative estimate of drug-likeness (QED) is 0.323. The van der Waals surface area contributed by atoms with Crippen molar-refractivity contribution in [2.24, 2.45) is 7.05 Å². The average molecular weight is 615 g/mol. The SMILES string of the molecule is CN(C)c1ccc2c(c1)CCN(c1cccc(-c3cc(Nc4ccc(C(=O)N5CC(F)(F)C5)cn4)c(=O)n(C)c3)c1CO)C2=O. The number of halogens is 2. The second-order valence-corrected chi connectivity index (χ2v) is 11.5. The summed E-state index contributed by atoms with van der Waals surface area (Å²) in [5.74, 6) is -3.27. The van der Waals surface area contributed by atoms with E-state index >= 15 is 0 Å². The zero-order valence-electron chi connectivity index (χ0n) is 25.1. The number of alkyl halides is 2. The molecule has 0 aliphatic carbocycles. The highest BCUT2D eigenvalue weighted by Gasteiger charge is 2.46. The molecule has 0 atom stereocenters. The number of amides is 2. The standard InChI is InChI=1S/C33H32F2N6O4/c1-38(2)23-8-9-25-20(13-23)11-12-41(31(25)44)28-6-4-5-24(26(28)17-42)22-14-27(32(45)39(3)16-22)37-29-10-7-21(15-36-29)30(43)40-18-33(34,35)19-40/h4-10,13-16,42H,11-12,17-19H2,1-3H3,(H,36,37). The highest BCUT2D eigenvalue weighted by Crippen LogP contribution is 2.35. The number of aromatic nitrogens is 2. The first-order valence-electron chi connectivity index (χ1n) is 14.4. The van der Waals surface area contributed by atoms with E-state index in [1.165, 1.54) is 22.9 Å². The Labute approximate surface area is 258 Å². The van der Waals surface area contributed by atoms with Crippen LogP contribution in [-0.4, -0.2) is 71.0 Å². The molecule has 2 aliphatic rings. The van der Waals surface area contributed by atoms with Gasteiger partial charge in [-0.1, -0.05) is 12.1 Å². The molecule has 0 spiro atoms. The van der Waals surface area contributed by atoms with Crippen LogP contribution >= 0.6 is 0 Å². The van der Waals surface area contributed by atoms with Gasteiger partial charge in [0, 0.05) is 62.5 Å². The molecule has 232 valence electrons. The molecule has 45 heavy (non-hydrogen) atoms. The van der Waals surface area contributed by atoms with Gasteiger partial charge in [0.25, 0.3) is 23.3 Å². The number of fused-ring (bicyclic) bond motifs is 1. The third-order valence-corrected chi connectivity index (χ3v) is 8.18. The molecule has 0 unspecified atom stereocenters. The summed E-state index contributed by atoms with van der Waals surface area (Å²) in [7, 11) is 5.51. The Kier molecular flexibility index (Phi) is 7.61. The lowest BCUT2D eigenvalue weighted by atomic mass is 9.94. The van der Waals surface area contributed by atoms with E-state index in [1.54, 1.807) is 30.3 Å². The van der Waals surface area contributed by atoms with Gasteiger partial charge in [-0.3, -0.25) is 14.4 Å². The normalized spacial score (nSPS) is 15.4. The topological polar surface area (TPSA) is 111 Å². The van der Waals surface area contributed by atoms with E-state index in [-0.39, 0.29) is 35.1 Å². The number of likely N-dealkylation sites (tertiary alicyclic amines) is 1. The summed E-state index contributed by atoms with van der Waals surface area (Å²) in [6.07, 6.45) is 3.59.